The molecule has 1 aliphatic carbocycles. The van der Waals surface area contributed by atoms with Crippen molar-refractivity contribution in [1.29, 1.82) is 0 Å². The third-order valence-electron chi connectivity index (χ3n) is 4.14. The zero-order valence-electron chi connectivity index (χ0n) is 12.9. The van der Waals surface area contributed by atoms with Crippen molar-refractivity contribution < 1.29 is 18.3 Å². The zero-order valence-corrected chi connectivity index (χ0v) is 14.0. The summed E-state index contributed by atoms with van der Waals surface area (Å²) in [6.45, 7) is 6.01. The van der Waals surface area contributed by atoms with Gasteiger partial charge in [0.1, 0.15) is 5.75 Å². The first-order valence-corrected chi connectivity index (χ1v) is 9.47. The van der Waals surface area contributed by atoms with Crippen LogP contribution in [0.3, 0.4) is 0 Å². The molecular weight excluding hydrogens is 284 g/mol. The maximum absolute atomic E-state index is 6.15. The van der Waals surface area contributed by atoms with Crippen molar-refractivity contribution in [1.82, 2.24) is 0 Å². The average Bonchev–Trinajstić information content (AvgIpc) is 2.95. The van der Waals surface area contributed by atoms with Gasteiger partial charge >= 0.3 is 9.28 Å². The van der Waals surface area contributed by atoms with Crippen LogP contribution in [0.15, 0.2) is 18.2 Å². The normalized spacial score (nSPS) is 19.8. The Kier molecular flexibility index (Phi) is 4.64. The quantitative estimate of drug-likeness (QED) is 0.783. The van der Waals surface area contributed by atoms with Gasteiger partial charge in [0.05, 0.1) is 6.61 Å². The van der Waals surface area contributed by atoms with E-state index in [4.69, 9.17) is 18.3 Å². The fourth-order valence-corrected chi connectivity index (χ4v) is 4.78. The summed E-state index contributed by atoms with van der Waals surface area (Å²) in [6, 6.07) is 6.29. The molecule has 1 aromatic carbocycles. The van der Waals surface area contributed by atoms with E-state index in [1.807, 2.05) is 13.8 Å². The molecule has 4 nitrogen and oxygen atoms in total. The van der Waals surface area contributed by atoms with Gasteiger partial charge in [0.25, 0.3) is 0 Å². The van der Waals surface area contributed by atoms with Gasteiger partial charge in [-0.05, 0) is 44.0 Å². The first-order valence-electron chi connectivity index (χ1n) is 7.95. The summed E-state index contributed by atoms with van der Waals surface area (Å²) in [5.74, 6) is 0.609. The zero-order chi connectivity index (χ0) is 14.7. The van der Waals surface area contributed by atoms with Crippen molar-refractivity contribution in [2.45, 2.75) is 51.9 Å². The molecule has 0 unspecified atom stereocenters. The van der Waals surface area contributed by atoms with E-state index in [1.165, 1.54) is 12.8 Å². The molecule has 2 aliphatic rings. The predicted octanol–water partition coefficient (Wildman–Crippen LogP) is 2.37. The lowest BCUT2D eigenvalue weighted by Crippen LogP contribution is -2.41. The highest BCUT2D eigenvalue weighted by Gasteiger charge is 2.40. The molecule has 0 bridgehead atoms. The minimum absolute atomic E-state index is 0.356. The van der Waals surface area contributed by atoms with Crippen molar-refractivity contribution in [3.05, 3.63) is 23.8 Å². The van der Waals surface area contributed by atoms with E-state index in [0.29, 0.717) is 19.8 Å². The molecule has 0 N–H and O–H groups in total. The fraction of sp³-hybridized carbons (Fsp3) is 0.625. The molecule has 1 spiro atoms. The lowest BCUT2D eigenvalue weighted by atomic mass is 10.1. The Morgan fingerprint density at radius 1 is 1.14 bits per heavy atom. The molecule has 0 amide bonds. The Balaban J connectivity index is 1.79. The molecule has 21 heavy (non-hydrogen) atoms. The van der Waals surface area contributed by atoms with Gasteiger partial charge in [-0.1, -0.05) is 6.07 Å². The van der Waals surface area contributed by atoms with E-state index < -0.39 is 9.28 Å². The summed E-state index contributed by atoms with van der Waals surface area (Å²) in [4.78, 5) is 0. The fourth-order valence-electron chi connectivity index (χ4n) is 3.10. The number of hydrogen-bond acceptors (Lipinski definition) is 4. The van der Waals surface area contributed by atoms with Gasteiger partial charge in [0.2, 0.25) is 5.79 Å². The third-order valence-corrected chi connectivity index (χ3v) is 6.32. The summed E-state index contributed by atoms with van der Waals surface area (Å²) >= 11 is 0. The number of benzene rings is 1. The Morgan fingerprint density at radius 2 is 1.86 bits per heavy atom. The van der Waals surface area contributed by atoms with Crippen LogP contribution in [0.4, 0.5) is 0 Å². The molecule has 0 radical (unpaired) electrons. The summed E-state index contributed by atoms with van der Waals surface area (Å²) in [5, 5.41) is 1.16. The molecule has 1 saturated carbocycles. The number of ether oxygens (including phenoxy) is 2. The van der Waals surface area contributed by atoms with E-state index in [0.717, 1.165) is 29.3 Å². The summed E-state index contributed by atoms with van der Waals surface area (Å²) in [5.41, 5.74) is 1.11. The van der Waals surface area contributed by atoms with Crippen molar-refractivity contribution >= 4 is 14.5 Å². The molecule has 3 rings (SSSR count). The van der Waals surface area contributed by atoms with Crippen molar-refractivity contribution in [2.24, 2.45) is 0 Å². The average molecular weight is 308 g/mol. The summed E-state index contributed by atoms with van der Waals surface area (Å²) in [6.07, 6.45) is 4.39. The Hall–Kier alpha value is -0.883. The Morgan fingerprint density at radius 3 is 2.52 bits per heavy atom. The van der Waals surface area contributed by atoms with Crippen LogP contribution in [0, 0.1) is 0 Å². The number of hydrogen-bond donors (Lipinski definition) is 0. The summed E-state index contributed by atoms with van der Waals surface area (Å²) < 4.78 is 23.7. The van der Waals surface area contributed by atoms with Gasteiger partial charge in [-0.2, -0.15) is 0 Å². The van der Waals surface area contributed by atoms with Crippen LogP contribution in [0.5, 0.6) is 5.75 Å². The molecule has 5 heteroatoms. The highest BCUT2D eigenvalue weighted by atomic mass is 28.3. The molecule has 0 aromatic heterocycles. The van der Waals surface area contributed by atoms with Gasteiger partial charge in [0.15, 0.2) is 0 Å². The maximum Gasteiger partial charge on any atom is 0.355 e. The Labute approximate surface area is 128 Å². The van der Waals surface area contributed by atoms with E-state index in [1.54, 1.807) is 0 Å². The van der Waals surface area contributed by atoms with Crippen LogP contribution in [0.2, 0.25) is 0 Å². The molecule has 1 aliphatic heterocycles. The molecule has 1 fully saturated rings. The topological polar surface area (TPSA) is 36.9 Å². The van der Waals surface area contributed by atoms with Crippen molar-refractivity contribution in [2.75, 3.05) is 13.2 Å². The van der Waals surface area contributed by atoms with Crippen LogP contribution in [-0.4, -0.2) is 28.3 Å². The highest BCUT2D eigenvalue weighted by Crippen LogP contribution is 2.40. The second-order valence-corrected chi connectivity index (χ2v) is 7.62. The first kappa shape index (κ1) is 15.0. The molecule has 1 aromatic rings. The van der Waals surface area contributed by atoms with Crippen LogP contribution in [0.1, 0.15) is 45.1 Å². The van der Waals surface area contributed by atoms with E-state index >= 15 is 0 Å². The molecule has 0 atom stereocenters. The highest BCUT2D eigenvalue weighted by molar-refractivity contribution is 6.61. The Bertz CT molecular complexity index is 479. The van der Waals surface area contributed by atoms with Crippen LogP contribution in [-0.2, 0) is 20.2 Å². The standard InChI is InChI=1S/C16H24O4Si/c1-3-18-21(19-4-2)14-7-8-15-13(11-14)12-17-16(20-15)9-5-6-10-16/h7-8,11,21H,3-6,9-10,12H2,1-2H3. The van der Waals surface area contributed by atoms with E-state index in [-0.39, 0.29) is 5.79 Å². The lowest BCUT2D eigenvalue weighted by Gasteiger charge is -2.35. The van der Waals surface area contributed by atoms with E-state index in [2.05, 4.69) is 18.2 Å². The van der Waals surface area contributed by atoms with Gasteiger partial charge in [-0.25, -0.2) is 0 Å². The predicted molar refractivity (Wildman–Crippen MR) is 83.1 cm³/mol. The van der Waals surface area contributed by atoms with Gasteiger partial charge in [-0.15, -0.1) is 0 Å². The van der Waals surface area contributed by atoms with Gasteiger partial charge in [-0.3, -0.25) is 0 Å². The molecule has 116 valence electrons. The second kappa shape index (κ2) is 6.48. The van der Waals surface area contributed by atoms with Crippen molar-refractivity contribution in [3.8, 4) is 5.75 Å². The number of rotatable bonds is 5. The van der Waals surface area contributed by atoms with Crippen LogP contribution >= 0.6 is 0 Å². The van der Waals surface area contributed by atoms with Crippen LogP contribution < -0.4 is 9.92 Å². The first-order chi connectivity index (χ1) is 10.3. The second-order valence-electron chi connectivity index (χ2n) is 5.62. The molecule has 1 heterocycles. The largest absolute Gasteiger partial charge is 0.462 e. The third kappa shape index (κ3) is 3.16. The maximum atomic E-state index is 6.15. The van der Waals surface area contributed by atoms with Crippen LogP contribution in [0.25, 0.3) is 0 Å². The van der Waals surface area contributed by atoms with E-state index in [9.17, 15) is 0 Å². The number of fused-ring (bicyclic) bond motifs is 1. The minimum atomic E-state index is -1.79. The minimum Gasteiger partial charge on any atom is -0.462 e. The monoisotopic (exact) mass is 308 g/mol. The lowest BCUT2D eigenvalue weighted by molar-refractivity contribution is -0.200. The molecular formula is C16H24O4Si. The van der Waals surface area contributed by atoms with Crippen molar-refractivity contribution in [3.63, 3.8) is 0 Å². The van der Waals surface area contributed by atoms with Gasteiger partial charge < -0.3 is 18.3 Å². The summed E-state index contributed by atoms with van der Waals surface area (Å²) in [7, 11) is -1.79. The van der Waals surface area contributed by atoms with Gasteiger partial charge in [0, 0.05) is 31.6 Å². The smallest absolute Gasteiger partial charge is 0.355 e. The molecule has 0 saturated heterocycles. The SMILES string of the molecule is CCO[SiH](OCC)c1ccc2c(c1)COC1(CCCC1)O2.